The summed E-state index contributed by atoms with van der Waals surface area (Å²) in [6.45, 7) is 0. The van der Waals surface area contributed by atoms with E-state index in [2.05, 4.69) is 5.32 Å². The second-order valence-corrected chi connectivity index (χ2v) is 5.02. The molecule has 0 spiro atoms. The third kappa shape index (κ3) is 2.92. The molecule has 0 aliphatic carbocycles. The van der Waals surface area contributed by atoms with Crippen molar-refractivity contribution in [1.82, 2.24) is 5.32 Å². The third-order valence-electron chi connectivity index (χ3n) is 2.91. The van der Waals surface area contributed by atoms with E-state index in [0.29, 0.717) is 0 Å². The quantitative estimate of drug-likeness (QED) is 0.807. The van der Waals surface area contributed by atoms with Gasteiger partial charge >= 0.3 is 0 Å². The van der Waals surface area contributed by atoms with Gasteiger partial charge in [0.2, 0.25) is 0 Å². The lowest BCUT2D eigenvalue weighted by Gasteiger charge is -2.19. The average Bonchev–Trinajstić information content (AvgIpc) is 2.38. The van der Waals surface area contributed by atoms with Crippen LogP contribution < -0.4 is 5.32 Å². The maximum atomic E-state index is 13.9. The van der Waals surface area contributed by atoms with Crippen LogP contribution in [0, 0.1) is 17.5 Å². The molecule has 0 aromatic heterocycles. The smallest absolute Gasteiger partial charge is 0.160 e. The molecule has 0 aliphatic rings. The van der Waals surface area contributed by atoms with E-state index in [0.717, 1.165) is 18.2 Å². The zero-order chi connectivity index (χ0) is 14.9. The SMILES string of the molecule is CNC(c1ccc(Cl)cc1F)c1cc(F)c(F)cc1Cl. The molecular weight excluding hydrogens is 310 g/mol. The molecule has 2 rings (SSSR count). The monoisotopic (exact) mass is 319 g/mol. The molecule has 0 aliphatic heterocycles. The van der Waals surface area contributed by atoms with Crippen LogP contribution in [-0.2, 0) is 0 Å². The highest BCUT2D eigenvalue weighted by Gasteiger charge is 2.21. The van der Waals surface area contributed by atoms with Crippen LogP contribution in [0.5, 0.6) is 0 Å². The van der Waals surface area contributed by atoms with Crippen LogP contribution in [0.15, 0.2) is 30.3 Å². The van der Waals surface area contributed by atoms with Gasteiger partial charge in [0.25, 0.3) is 0 Å². The minimum atomic E-state index is -1.05. The van der Waals surface area contributed by atoms with E-state index in [1.807, 2.05) is 0 Å². The maximum Gasteiger partial charge on any atom is 0.160 e. The van der Waals surface area contributed by atoms with E-state index in [1.165, 1.54) is 12.1 Å². The molecule has 2 aromatic rings. The van der Waals surface area contributed by atoms with Crippen LogP contribution >= 0.6 is 23.2 Å². The van der Waals surface area contributed by atoms with Gasteiger partial charge in [0.15, 0.2) is 11.6 Å². The predicted molar refractivity (Wildman–Crippen MR) is 73.7 cm³/mol. The van der Waals surface area contributed by atoms with Gasteiger partial charge in [0, 0.05) is 15.6 Å². The molecule has 0 saturated heterocycles. The molecule has 0 amide bonds. The standard InChI is InChI=1S/C14H10Cl2F3N/c1-20-14(8-3-2-7(15)4-11(8)17)9-5-12(18)13(19)6-10(9)16/h2-6,14,20H,1H3. The lowest BCUT2D eigenvalue weighted by molar-refractivity contribution is 0.503. The molecule has 106 valence electrons. The summed E-state index contributed by atoms with van der Waals surface area (Å²) in [5.74, 6) is -2.65. The molecular formula is C14H10Cl2F3N. The van der Waals surface area contributed by atoms with Crippen LogP contribution in [0.1, 0.15) is 17.2 Å². The Morgan fingerprint density at radius 2 is 1.55 bits per heavy atom. The lowest BCUT2D eigenvalue weighted by atomic mass is 9.98. The Morgan fingerprint density at radius 3 is 2.15 bits per heavy atom. The molecule has 1 atom stereocenters. The highest BCUT2D eigenvalue weighted by Crippen LogP contribution is 2.32. The van der Waals surface area contributed by atoms with E-state index in [-0.39, 0.29) is 21.2 Å². The summed E-state index contributed by atoms with van der Waals surface area (Å²) >= 11 is 11.6. The molecule has 1 N–H and O–H groups in total. The van der Waals surface area contributed by atoms with Gasteiger partial charge in [0.05, 0.1) is 6.04 Å². The van der Waals surface area contributed by atoms with Gasteiger partial charge in [-0.25, -0.2) is 13.2 Å². The fourth-order valence-corrected chi connectivity index (χ4v) is 2.39. The number of hydrogen-bond donors (Lipinski definition) is 1. The minimum absolute atomic E-state index is 0.0117. The highest BCUT2D eigenvalue weighted by atomic mass is 35.5. The maximum absolute atomic E-state index is 13.9. The van der Waals surface area contributed by atoms with E-state index in [9.17, 15) is 13.2 Å². The van der Waals surface area contributed by atoms with Gasteiger partial charge in [0.1, 0.15) is 5.82 Å². The summed E-state index contributed by atoms with van der Waals surface area (Å²) in [6.07, 6.45) is 0. The molecule has 1 unspecified atom stereocenters. The first-order valence-electron chi connectivity index (χ1n) is 5.70. The summed E-state index contributed by atoms with van der Waals surface area (Å²) in [5, 5.41) is 3.09. The second kappa shape index (κ2) is 6.04. The van der Waals surface area contributed by atoms with Gasteiger partial charge in [-0.1, -0.05) is 29.3 Å². The van der Waals surface area contributed by atoms with E-state index in [4.69, 9.17) is 23.2 Å². The number of rotatable bonds is 3. The van der Waals surface area contributed by atoms with E-state index in [1.54, 1.807) is 7.05 Å². The first kappa shape index (κ1) is 15.2. The van der Waals surface area contributed by atoms with Gasteiger partial charge < -0.3 is 5.32 Å². The number of halogens is 5. The Balaban J connectivity index is 2.55. The van der Waals surface area contributed by atoms with Crippen LogP contribution in [0.4, 0.5) is 13.2 Å². The fourth-order valence-electron chi connectivity index (χ4n) is 1.97. The Morgan fingerprint density at radius 1 is 0.900 bits per heavy atom. The third-order valence-corrected chi connectivity index (χ3v) is 3.48. The number of benzene rings is 2. The van der Waals surface area contributed by atoms with Crippen molar-refractivity contribution in [2.75, 3.05) is 7.05 Å². The second-order valence-electron chi connectivity index (χ2n) is 4.18. The number of hydrogen-bond acceptors (Lipinski definition) is 1. The molecule has 0 radical (unpaired) electrons. The van der Waals surface area contributed by atoms with Crippen LogP contribution in [-0.4, -0.2) is 7.05 Å². The summed E-state index contributed by atoms with van der Waals surface area (Å²) in [4.78, 5) is 0. The van der Waals surface area contributed by atoms with Crippen molar-refractivity contribution in [3.63, 3.8) is 0 Å². The summed E-state index contributed by atoms with van der Waals surface area (Å²) in [7, 11) is 1.57. The first-order chi connectivity index (χ1) is 9.43. The topological polar surface area (TPSA) is 12.0 Å². The minimum Gasteiger partial charge on any atom is -0.309 e. The Labute approximate surface area is 124 Å². The zero-order valence-corrected chi connectivity index (χ0v) is 11.9. The van der Waals surface area contributed by atoms with Crippen molar-refractivity contribution in [2.45, 2.75) is 6.04 Å². The van der Waals surface area contributed by atoms with Crippen LogP contribution in [0.3, 0.4) is 0 Å². The lowest BCUT2D eigenvalue weighted by Crippen LogP contribution is -2.19. The molecule has 0 saturated carbocycles. The molecule has 6 heteroatoms. The Bertz CT molecular complexity index is 647. The molecule has 0 heterocycles. The van der Waals surface area contributed by atoms with Crippen molar-refractivity contribution < 1.29 is 13.2 Å². The Kier molecular flexibility index (Phi) is 4.58. The summed E-state index contributed by atoms with van der Waals surface area (Å²) < 4.78 is 40.4. The Hall–Kier alpha value is -1.23. The summed E-state index contributed by atoms with van der Waals surface area (Å²) in [6, 6.07) is 5.23. The van der Waals surface area contributed by atoms with Gasteiger partial charge in [-0.3, -0.25) is 0 Å². The fraction of sp³-hybridized carbons (Fsp3) is 0.143. The van der Waals surface area contributed by atoms with Gasteiger partial charge in [-0.05, 0) is 36.9 Å². The molecule has 0 fully saturated rings. The molecule has 20 heavy (non-hydrogen) atoms. The van der Waals surface area contributed by atoms with Crippen molar-refractivity contribution >= 4 is 23.2 Å². The van der Waals surface area contributed by atoms with E-state index >= 15 is 0 Å². The normalized spacial score (nSPS) is 12.5. The molecule has 2 aromatic carbocycles. The summed E-state index contributed by atoms with van der Waals surface area (Å²) in [5.41, 5.74) is 0.485. The van der Waals surface area contributed by atoms with Crippen LogP contribution in [0.25, 0.3) is 0 Å². The zero-order valence-electron chi connectivity index (χ0n) is 10.4. The van der Waals surface area contributed by atoms with Crippen molar-refractivity contribution in [3.8, 4) is 0 Å². The molecule has 1 nitrogen and oxygen atoms in total. The highest BCUT2D eigenvalue weighted by molar-refractivity contribution is 6.31. The van der Waals surface area contributed by atoms with E-state index < -0.39 is 23.5 Å². The predicted octanol–water partition coefficient (Wildman–Crippen LogP) is 4.72. The van der Waals surface area contributed by atoms with Gasteiger partial charge in [-0.2, -0.15) is 0 Å². The largest absolute Gasteiger partial charge is 0.309 e. The van der Waals surface area contributed by atoms with Crippen molar-refractivity contribution in [3.05, 3.63) is 69.0 Å². The van der Waals surface area contributed by atoms with Crippen molar-refractivity contribution in [2.24, 2.45) is 0 Å². The van der Waals surface area contributed by atoms with Crippen LogP contribution in [0.2, 0.25) is 10.0 Å². The van der Waals surface area contributed by atoms with Crippen molar-refractivity contribution in [1.29, 1.82) is 0 Å². The number of nitrogens with one attached hydrogen (secondary N) is 1. The first-order valence-corrected chi connectivity index (χ1v) is 6.46. The van der Waals surface area contributed by atoms with Gasteiger partial charge in [-0.15, -0.1) is 0 Å². The molecule has 0 bridgehead atoms. The average molecular weight is 320 g/mol.